The Balaban J connectivity index is 1.95. The van der Waals surface area contributed by atoms with Crippen molar-refractivity contribution in [1.29, 1.82) is 0 Å². The Hall–Kier alpha value is -1.17. The average molecular weight is 415 g/mol. The predicted octanol–water partition coefficient (Wildman–Crippen LogP) is 6.86. The van der Waals surface area contributed by atoms with Gasteiger partial charge in [-0.15, -0.1) is 0 Å². The van der Waals surface area contributed by atoms with Gasteiger partial charge in [-0.05, 0) is 35.9 Å². The molecule has 2 atom stereocenters. The van der Waals surface area contributed by atoms with Crippen LogP contribution in [0.2, 0.25) is 5.02 Å². The maximum atomic E-state index is 12.3. The minimum Gasteiger partial charge on any atom is -0.458 e. The fourth-order valence-corrected chi connectivity index (χ4v) is 3.95. The maximum Gasteiger partial charge on any atom is 0.368 e. The fraction of sp³-hybridized carbons (Fsp3) is 0.474. The lowest BCUT2D eigenvalue weighted by Gasteiger charge is -2.22. The smallest absolute Gasteiger partial charge is 0.368 e. The summed E-state index contributed by atoms with van der Waals surface area (Å²) in [6.45, 7) is 2.62. The average Bonchev–Trinajstić information content (AvgIpc) is 3.18. The molecule has 1 aromatic carbocycles. The molecule has 1 aromatic heterocycles. The molecule has 7 heteroatoms. The van der Waals surface area contributed by atoms with Crippen molar-refractivity contribution < 1.29 is 9.53 Å². The third kappa shape index (κ3) is 6.86. The molecule has 0 aliphatic heterocycles. The van der Waals surface area contributed by atoms with Crippen LogP contribution in [0.3, 0.4) is 0 Å². The SMILES string of the molecule is CCCCCCCOC(=O)SC(c1ccc(Cl)cc1)C(Cl)n1ccnc1. The number of imidazole rings is 1. The van der Waals surface area contributed by atoms with Crippen molar-refractivity contribution in [1.82, 2.24) is 9.55 Å². The van der Waals surface area contributed by atoms with Gasteiger partial charge in [-0.25, -0.2) is 9.78 Å². The van der Waals surface area contributed by atoms with E-state index in [1.165, 1.54) is 19.3 Å². The van der Waals surface area contributed by atoms with E-state index in [4.69, 9.17) is 27.9 Å². The molecule has 0 spiro atoms. The van der Waals surface area contributed by atoms with Crippen molar-refractivity contribution in [2.45, 2.75) is 49.8 Å². The number of benzene rings is 1. The Bertz CT molecular complexity index is 650. The van der Waals surface area contributed by atoms with E-state index in [1.54, 1.807) is 35.4 Å². The molecule has 2 aromatic rings. The van der Waals surface area contributed by atoms with Gasteiger partial charge in [0, 0.05) is 17.4 Å². The summed E-state index contributed by atoms with van der Waals surface area (Å²) >= 11 is 13.7. The topological polar surface area (TPSA) is 44.1 Å². The molecule has 0 fully saturated rings. The number of carbonyl (C=O) groups is 1. The van der Waals surface area contributed by atoms with E-state index >= 15 is 0 Å². The zero-order chi connectivity index (χ0) is 18.8. The van der Waals surface area contributed by atoms with Crippen LogP contribution in [0.25, 0.3) is 0 Å². The van der Waals surface area contributed by atoms with Gasteiger partial charge >= 0.3 is 5.30 Å². The molecular weight excluding hydrogens is 391 g/mol. The van der Waals surface area contributed by atoms with Gasteiger partial charge in [0.05, 0.1) is 18.2 Å². The summed E-state index contributed by atoms with van der Waals surface area (Å²) in [6, 6.07) is 7.34. The van der Waals surface area contributed by atoms with Gasteiger partial charge in [-0.2, -0.15) is 0 Å². The van der Waals surface area contributed by atoms with Crippen molar-refractivity contribution in [3.05, 3.63) is 53.6 Å². The van der Waals surface area contributed by atoms with Crippen LogP contribution >= 0.6 is 35.0 Å². The molecule has 4 nitrogen and oxygen atoms in total. The molecule has 0 bridgehead atoms. The third-order valence-electron chi connectivity index (χ3n) is 3.95. The molecule has 142 valence electrons. The second-order valence-corrected chi connectivity index (χ2v) is 7.95. The molecule has 0 aliphatic carbocycles. The summed E-state index contributed by atoms with van der Waals surface area (Å²) in [7, 11) is 0. The van der Waals surface area contributed by atoms with Crippen LogP contribution < -0.4 is 0 Å². The standard InChI is InChI=1S/C19H24Cl2N2O2S/c1-2-3-4-5-6-13-25-19(24)26-17(15-7-9-16(20)10-8-15)18(21)23-12-11-22-14-23/h7-12,14,17-18H,2-6,13H2,1H3. The molecule has 2 rings (SSSR count). The summed E-state index contributed by atoms with van der Waals surface area (Å²) in [4.78, 5) is 16.3. The first-order valence-electron chi connectivity index (χ1n) is 8.82. The summed E-state index contributed by atoms with van der Waals surface area (Å²) in [5, 5.41) is 0.0165. The van der Waals surface area contributed by atoms with Crippen LogP contribution in [-0.2, 0) is 4.74 Å². The molecule has 0 saturated carbocycles. The van der Waals surface area contributed by atoms with Crippen molar-refractivity contribution >= 4 is 40.3 Å². The first-order chi connectivity index (χ1) is 12.6. The Labute approximate surface area is 169 Å². The Morgan fingerprint density at radius 1 is 1.23 bits per heavy atom. The lowest BCUT2D eigenvalue weighted by atomic mass is 10.1. The number of thioether (sulfide) groups is 1. The van der Waals surface area contributed by atoms with Crippen molar-refractivity contribution in [2.75, 3.05) is 6.61 Å². The molecule has 0 aliphatic rings. The second kappa shape index (κ2) is 11.5. The molecule has 0 radical (unpaired) electrons. The number of halogens is 2. The van der Waals surface area contributed by atoms with E-state index in [-0.39, 0.29) is 10.6 Å². The summed E-state index contributed by atoms with van der Waals surface area (Å²) in [5.74, 6) is 0. The van der Waals surface area contributed by atoms with Gasteiger partial charge in [0.25, 0.3) is 0 Å². The number of ether oxygens (including phenoxy) is 1. The van der Waals surface area contributed by atoms with Gasteiger partial charge in [0.15, 0.2) is 0 Å². The fourth-order valence-electron chi connectivity index (χ4n) is 2.51. The molecular formula is C19H24Cl2N2O2S. The van der Waals surface area contributed by atoms with Crippen LogP contribution in [0.4, 0.5) is 4.79 Å². The number of carbonyl (C=O) groups excluding carboxylic acids is 1. The first-order valence-corrected chi connectivity index (χ1v) is 10.5. The van der Waals surface area contributed by atoms with E-state index in [2.05, 4.69) is 11.9 Å². The zero-order valence-electron chi connectivity index (χ0n) is 14.8. The van der Waals surface area contributed by atoms with Crippen LogP contribution in [-0.4, -0.2) is 21.5 Å². The normalized spacial score (nSPS) is 13.3. The largest absolute Gasteiger partial charge is 0.458 e. The van der Waals surface area contributed by atoms with Crippen molar-refractivity contribution in [3.8, 4) is 0 Å². The number of unbranched alkanes of at least 4 members (excludes halogenated alkanes) is 4. The highest BCUT2D eigenvalue weighted by Crippen LogP contribution is 2.42. The summed E-state index contributed by atoms with van der Waals surface area (Å²) < 4.78 is 7.15. The minimum absolute atomic E-state index is 0.310. The van der Waals surface area contributed by atoms with Crippen LogP contribution in [0.15, 0.2) is 43.0 Å². The second-order valence-electron chi connectivity index (χ2n) is 5.99. The number of nitrogens with zero attached hydrogens (tertiary/aromatic N) is 2. The molecule has 0 N–H and O–H groups in total. The molecule has 2 unspecified atom stereocenters. The number of hydrogen-bond donors (Lipinski definition) is 0. The quantitative estimate of drug-likeness (QED) is 0.242. The number of alkyl halides is 1. The monoisotopic (exact) mass is 414 g/mol. The zero-order valence-corrected chi connectivity index (χ0v) is 17.1. The highest BCUT2D eigenvalue weighted by atomic mass is 35.5. The van der Waals surface area contributed by atoms with E-state index < -0.39 is 5.50 Å². The number of hydrogen-bond acceptors (Lipinski definition) is 4. The third-order valence-corrected chi connectivity index (χ3v) is 5.92. The van der Waals surface area contributed by atoms with E-state index in [9.17, 15) is 4.79 Å². The Kier molecular flexibility index (Phi) is 9.37. The number of aromatic nitrogens is 2. The molecule has 1 heterocycles. The van der Waals surface area contributed by atoms with E-state index in [1.807, 2.05) is 12.1 Å². The maximum absolute atomic E-state index is 12.3. The summed E-state index contributed by atoms with van der Waals surface area (Å²) in [5.41, 5.74) is 0.439. The van der Waals surface area contributed by atoms with Crippen molar-refractivity contribution in [2.24, 2.45) is 0 Å². The van der Waals surface area contributed by atoms with Gasteiger partial charge < -0.3 is 9.30 Å². The highest BCUT2D eigenvalue weighted by molar-refractivity contribution is 8.13. The number of rotatable bonds is 10. The Morgan fingerprint density at radius 3 is 2.62 bits per heavy atom. The first kappa shape index (κ1) is 21.1. The Morgan fingerprint density at radius 2 is 1.96 bits per heavy atom. The lowest BCUT2D eigenvalue weighted by molar-refractivity contribution is 0.172. The van der Waals surface area contributed by atoms with Gasteiger partial charge in [-0.1, -0.05) is 67.9 Å². The molecule has 0 amide bonds. The van der Waals surface area contributed by atoms with Gasteiger partial charge in [0.1, 0.15) is 5.50 Å². The minimum atomic E-state index is -0.472. The summed E-state index contributed by atoms with van der Waals surface area (Å²) in [6.07, 6.45) is 10.7. The van der Waals surface area contributed by atoms with Crippen LogP contribution in [0.5, 0.6) is 0 Å². The van der Waals surface area contributed by atoms with Gasteiger partial charge in [0.2, 0.25) is 0 Å². The van der Waals surface area contributed by atoms with Crippen LogP contribution in [0, 0.1) is 0 Å². The predicted molar refractivity (Wildman–Crippen MR) is 109 cm³/mol. The van der Waals surface area contributed by atoms with Crippen LogP contribution in [0.1, 0.15) is 55.3 Å². The van der Waals surface area contributed by atoms with Crippen molar-refractivity contribution in [3.63, 3.8) is 0 Å². The highest BCUT2D eigenvalue weighted by Gasteiger charge is 2.27. The lowest BCUT2D eigenvalue weighted by Crippen LogP contribution is -2.12. The van der Waals surface area contributed by atoms with E-state index in [0.717, 1.165) is 30.2 Å². The van der Waals surface area contributed by atoms with Gasteiger partial charge in [-0.3, -0.25) is 0 Å². The molecule has 0 saturated heterocycles. The molecule has 26 heavy (non-hydrogen) atoms. The van der Waals surface area contributed by atoms with E-state index in [0.29, 0.717) is 11.6 Å².